The molecule has 0 bridgehead atoms. The van der Waals surface area contributed by atoms with Gasteiger partial charge in [-0.3, -0.25) is 0 Å². The molecule has 0 aliphatic heterocycles. The van der Waals surface area contributed by atoms with E-state index in [0.717, 1.165) is 23.8 Å². The highest BCUT2D eigenvalue weighted by Crippen LogP contribution is 2.39. The molecule has 2 nitrogen and oxygen atoms in total. The molecule has 0 amide bonds. The Morgan fingerprint density at radius 3 is 2.48 bits per heavy atom. The normalized spacial score (nSPS) is 10.6. The van der Waals surface area contributed by atoms with Gasteiger partial charge in [-0.15, -0.1) is 0 Å². The maximum absolute atomic E-state index is 14.4. The van der Waals surface area contributed by atoms with Crippen LogP contribution in [0.4, 0.5) is 13.2 Å². The number of halogens is 3. The van der Waals surface area contributed by atoms with Crippen LogP contribution in [0, 0.1) is 23.5 Å². The molecule has 3 aromatic rings. The molecule has 0 heterocycles. The van der Waals surface area contributed by atoms with Crippen molar-refractivity contribution in [3.63, 3.8) is 0 Å². The Kier molecular flexibility index (Phi) is 4.93. The van der Waals surface area contributed by atoms with Gasteiger partial charge in [0.15, 0.2) is 11.6 Å². The molecule has 3 rings (SSSR count). The smallest absolute Gasteiger partial charge is 0.170 e. The summed E-state index contributed by atoms with van der Waals surface area (Å²) in [5.74, 6) is -2.64. The molecule has 0 saturated carbocycles. The van der Waals surface area contributed by atoms with E-state index in [2.05, 4.69) is 6.07 Å². The summed E-state index contributed by atoms with van der Waals surface area (Å²) in [5, 5.41) is 0. The number of benzene rings is 3. The minimum atomic E-state index is -1.10. The van der Waals surface area contributed by atoms with Crippen molar-refractivity contribution in [3.05, 3.63) is 83.7 Å². The van der Waals surface area contributed by atoms with Gasteiger partial charge in [0.05, 0.1) is 12.7 Å². The van der Waals surface area contributed by atoms with E-state index in [1.807, 2.05) is 30.3 Å². The lowest BCUT2D eigenvalue weighted by Gasteiger charge is -2.15. The van der Waals surface area contributed by atoms with Crippen LogP contribution in [-0.4, -0.2) is 7.11 Å². The van der Waals surface area contributed by atoms with Crippen molar-refractivity contribution in [3.8, 4) is 22.6 Å². The molecule has 0 atom stereocenters. The van der Waals surface area contributed by atoms with E-state index in [4.69, 9.17) is 9.47 Å². The van der Waals surface area contributed by atoms with Gasteiger partial charge < -0.3 is 9.47 Å². The highest BCUT2D eigenvalue weighted by atomic mass is 19.2. The van der Waals surface area contributed by atoms with E-state index in [0.29, 0.717) is 0 Å². The molecule has 0 spiro atoms. The van der Waals surface area contributed by atoms with Crippen LogP contribution in [0.3, 0.4) is 0 Å². The number of hydrogen-bond acceptors (Lipinski definition) is 2. The fourth-order valence-electron chi connectivity index (χ4n) is 2.44. The van der Waals surface area contributed by atoms with E-state index in [1.165, 1.54) is 13.2 Å². The second kappa shape index (κ2) is 7.30. The lowest BCUT2D eigenvalue weighted by Crippen LogP contribution is -2.01. The fraction of sp³-hybridized carbons (Fsp3) is 0.100. The van der Waals surface area contributed by atoms with Gasteiger partial charge in [-0.2, -0.15) is 0 Å². The van der Waals surface area contributed by atoms with Crippen molar-refractivity contribution in [2.45, 2.75) is 6.61 Å². The van der Waals surface area contributed by atoms with Gasteiger partial charge in [0.2, 0.25) is 0 Å². The van der Waals surface area contributed by atoms with Crippen molar-refractivity contribution in [2.75, 3.05) is 7.11 Å². The predicted molar refractivity (Wildman–Crippen MR) is 87.9 cm³/mol. The van der Waals surface area contributed by atoms with Crippen molar-refractivity contribution in [1.82, 2.24) is 0 Å². The molecular formula is C20H14F3O2. The average molecular weight is 343 g/mol. The zero-order valence-corrected chi connectivity index (χ0v) is 13.4. The van der Waals surface area contributed by atoms with E-state index in [1.54, 1.807) is 0 Å². The Morgan fingerprint density at radius 2 is 1.76 bits per heavy atom. The Balaban J connectivity index is 2.04. The lowest BCUT2D eigenvalue weighted by molar-refractivity contribution is 0.305. The summed E-state index contributed by atoms with van der Waals surface area (Å²) in [6.07, 6.45) is 0. The second-order valence-electron chi connectivity index (χ2n) is 5.27. The summed E-state index contributed by atoms with van der Waals surface area (Å²) >= 11 is 0. The van der Waals surface area contributed by atoms with Crippen LogP contribution in [0.15, 0.2) is 54.6 Å². The minimum absolute atomic E-state index is 0.00932. The summed E-state index contributed by atoms with van der Waals surface area (Å²) in [6, 6.07) is 16.2. The van der Waals surface area contributed by atoms with Crippen LogP contribution in [0.25, 0.3) is 11.1 Å². The third-order valence-electron chi connectivity index (χ3n) is 3.64. The van der Waals surface area contributed by atoms with Crippen molar-refractivity contribution >= 4 is 0 Å². The van der Waals surface area contributed by atoms with Gasteiger partial charge in [0, 0.05) is 17.7 Å². The van der Waals surface area contributed by atoms with E-state index in [-0.39, 0.29) is 29.2 Å². The molecular weight excluding hydrogens is 329 g/mol. The van der Waals surface area contributed by atoms with Gasteiger partial charge in [-0.25, -0.2) is 13.2 Å². The van der Waals surface area contributed by atoms with Crippen LogP contribution in [0.1, 0.15) is 5.56 Å². The molecule has 0 aliphatic rings. The van der Waals surface area contributed by atoms with Crippen molar-refractivity contribution in [2.24, 2.45) is 0 Å². The second-order valence-corrected chi connectivity index (χ2v) is 5.27. The van der Waals surface area contributed by atoms with E-state index >= 15 is 0 Å². The van der Waals surface area contributed by atoms with E-state index in [9.17, 15) is 13.2 Å². The highest BCUT2D eigenvalue weighted by Gasteiger charge is 2.20. The third kappa shape index (κ3) is 3.60. The van der Waals surface area contributed by atoms with Crippen molar-refractivity contribution < 1.29 is 22.6 Å². The molecule has 25 heavy (non-hydrogen) atoms. The van der Waals surface area contributed by atoms with Crippen molar-refractivity contribution in [1.29, 1.82) is 0 Å². The van der Waals surface area contributed by atoms with Gasteiger partial charge in [-0.05, 0) is 23.8 Å². The molecule has 1 radical (unpaired) electrons. The van der Waals surface area contributed by atoms with Crippen LogP contribution >= 0.6 is 0 Å². The first-order chi connectivity index (χ1) is 12.1. The summed E-state index contributed by atoms with van der Waals surface area (Å²) in [5.41, 5.74) is 0.879. The zero-order chi connectivity index (χ0) is 17.8. The summed E-state index contributed by atoms with van der Waals surface area (Å²) < 4.78 is 52.4. The standard InChI is InChI=1S/C20H14F3O2/c1-24-17-10-9-16(22)20(23)19(17)15-8-7-14(21)11-18(15)25-12-13-5-3-2-4-6-13/h2-9,11H,12H2,1H3. The van der Waals surface area contributed by atoms with Crippen LogP contribution in [-0.2, 0) is 6.61 Å². The topological polar surface area (TPSA) is 18.5 Å². The fourth-order valence-corrected chi connectivity index (χ4v) is 2.44. The van der Waals surface area contributed by atoms with Crippen LogP contribution < -0.4 is 9.47 Å². The largest absolute Gasteiger partial charge is 0.495 e. The Morgan fingerprint density at radius 1 is 1.00 bits per heavy atom. The third-order valence-corrected chi connectivity index (χ3v) is 3.64. The monoisotopic (exact) mass is 343 g/mol. The average Bonchev–Trinajstić information content (AvgIpc) is 2.63. The lowest BCUT2D eigenvalue weighted by atomic mass is 10.0. The summed E-state index contributed by atoms with van der Waals surface area (Å²) in [7, 11) is 1.32. The van der Waals surface area contributed by atoms with Gasteiger partial charge >= 0.3 is 0 Å². The number of hydrogen-bond donors (Lipinski definition) is 0. The molecule has 0 aliphatic carbocycles. The van der Waals surface area contributed by atoms with Gasteiger partial charge in [-0.1, -0.05) is 30.3 Å². The number of rotatable bonds is 5. The van der Waals surface area contributed by atoms with Crippen LogP contribution in [0.5, 0.6) is 11.5 Å². The first kappa shape index (κ1) is 16.9. The number of methoxy groups -OCH3 is 1. The molecule has 0 unspecified atom stereocenters. The SMILES string of the molecule is COc1[c]cc(F)c(F)c1-c1ccc(F)cc1OCc1ccccc1. The maximum Gasteiger partial charge on any atom is 0.170 e. The molecule has 5 heteroatoms. The first-order valence-corrected chi connectivity index (χ1v) is 7.50. The minimum Gasteiger partial charge on any atom is -0.495 e. The van der Waals surface area contributed by atoms with Gasteiger partial charge in [0.25, 0.3) is 0 Å². The summed E-state index contributed by atoms with van der Waals surface area (Å²) in [4.78, 5) is 0. The molecule has 0 N–H and O–H groups in total. The van der Waals surface area contributed by atoms with Crippen LogP contribution in [0.2, 0.25) is 0 Å². The number of ether oxygens (including phenoxy) is 2. The molecule has 3 aromatic carbocycles. The molecule has 0 saturated heterocycles. The Bertz CT molecular complexity index is 880. The molecule has 0 aromatic heterocycles. The first-order valence-electron chi connectivity index (χ1n) is 7.50. The predicted octanol–water partition coefficient (Wildman–Crippen LogP) is 5.16. The zero-order valence-electron chi connectivity index (χ0n) is 13.4. The quantitative estimate of drug-likeness (QED) is 0.637. The Labute approximate surface area is 143 Å². The molecule has 0 fully saturated rings. The maximum atomic E-state index is 14.4. The highest BCUT2D eigenvalue weighted by molar-refractivity contribution is 5.76. The summed E-state index contributed by atoms with van der Waals surface area (Å²) in [6.45, 7) is 0.153. The Hall–Kier alpha value is -2.95. The molecule has 127 valence electrons. The van der Waals surface area contributed by atoms with E-state index < -0.39 is 17.5 Å². The van der Waals surface area contributed by atoms with Gasteiger partial charge in [0.1, 0.15) is 23.9 Å².